The zero-order valence-corrected chi connectivity index (χ0v) is 11.9. The highest BCUT2D eigenvalue weighted by molar-refractivity contribution is 7.98. The van der Waals surface area contributed by atoms with Crippen molar-refractivity contribution in [1.29, 1.82) is 0 Å². The number of amides is 1. The van der Waals surface area contributed by atoms with E-state index in [-0.39, 0.29) is 17.7 Å². The minimum atomic E-state index is -1.28. The largest absolute Gasteiger partial charge is 0.480 e. The molecule has 8 nitrogen and oxygen atoms in total. The van der Waals surface area contributed by atoms with E-state index in [1.165, 1.54) is 23.9 Å². The van der Waals surface area contributed by atoms with Crippen LogP contribution in [-0.2, 0) is 4.79 Å². The summed E-state index contributed by atoms with van der Waals surface area (Å²) in [6, 6.07) is 2.66. The van der Waals surface area contributed by atoms with Gasteiger partial charge in [-0.2, -0.15) is 0 Å². The summed E-state index contributed by atoms with van der Waals surface area (Å²) in [4.78, 5) is 33.5. The van der Waals surface area contributed by atoms with Crippen molar-refractivity contribution in [3.63, 3.8) is 0 Å². The van der Waals surface area contributed by atoms with E-state index < -0.39 is 29.4 Å². The molecule has 0 aromatic heterocycles. The van der Waals surface area contributed by atoms with Gasteiger partial charge < -0.3 is 15.5 Å². The molecule has 1 aromatic carbocycles. The Bertz CT molecular complexity index is 563. The molecule has 0 aliphatic heterocycles. The van der Waals surface area contributed by atoms with E-state index in [0.717, 1.165) is 6.07 Å². The molecule has 0 bridgehead atoms. The third-order valence-corrected chi connectivity index (χ3v) is 3.44. The number of rotatable bonds is 7. The average molecular weight is 314 g/mol. The van der Waals surface area contributed by atoms with Crippen molar-refractivity contribution in [3.05, 3.63) is 33.9 Å². The summed E-state index contributed by atoms with van der Waals surface area (Å²) in [6.45, 7) is -0.400. The number of carbonyl (C=O) groups is 2. The minimum absolute atomic E-state index is 0.0105. The number of nitro benzene ring substituents is 1. The van der Waals surface area contributed by atoms with Crippen molar-refractivity contribution in [2.24, 2.45) is 0 Å². The lowest BCUT2D eigenvalue weighted by molar-refractivity contribution is -0.387. The molecule has 1 aromatic rings. The second-order valence-corrected chi connectivity index (χ2v) is 4.87. The van der Waals surface area contributed by atoms with Crippen LogP contribution in [0.4, 0.5) is 5.69 Å². The summed E-state index contributed by atoms with van der Waals surface area (Å²) in [6.07, 6.45) is 1.52. The maximum Gasteiger partial charge on any atom is 0.326 e. The molecule has 0 saturated heterocycles. The Balaban J connectivity index is 2.99. The fraction of sp³-hybridized carbons (Fsp3) is 0.333. The molecule has 21 heavy (non-hydrogen) atoms. The third kappa shape index (κ3) is 4.43. The normalized spacial score (nSPS) is 11.7. The number of carbonyl (C=O) groups excluding carboxylic acids is 1. The number of aliphatic hydroxyl groups excluding tert-OH is 1. The molecule has 9 heteroatoms. The Morgan fingerprint density at radius 1 is 1.48 bits per heavy atom. The molecule has 114 valence electrons. The molecular formula is C12H14N2O6S. The van der Waals surface area contributed by atoms with Crippen LogP contribution in [0.3, 0.4) is 0 Å². The molecule has 0 aliphatic carbocycles. The highest BCUT2D eigenvalue weighted by atomic mass is 32.2. The lowest BCUT2D eigenvalue weighted by Crippen LogP contribution is -2.41. The Labute approximate surface area is 124 Å². The Kier molecular flexibility index (Phi) is 6.12. The van der Waals surface area contributed by atoms with Crippen LogP contribution in [-0.4, -0.2) is 45.9 Å². The van der Waals surface area contributed by atoms with Crippen molar-refractivity contribution in [2.45, 2.75) is 17.4 Å². The van der Waals surface area contributed by atoms with Crippen LogP contribution in [0, 0.1) is 10.1 Å². The van der Waals surface area contributed by atoms with Crippen LogP contribution in [0.25, 0.3) is 0 Å². The van der Waals surface area contributed by atoms with Gasteiger partial charge in [-0.3, -0.25) is 14.9 Å². The topological polar surface area (TPSA) is 130 Å². The number of benzene rings is 1. The monoisotopic (exact) mass is 314 g/mol. The number of nitrogens with one attached hydrogen (secondary N) is 1. The zero-order valence-electron chi connectivity index (χ0n) is 11.1. The minimum Gasteiger partial charge on any atom is -0.480 e. The van der Waals surface area contributed by atoms with Gasteiger partial charge in [-0.25, -0.2) is 4.79 Å². The molecule has 3 N–H and O–H groups in total. The Morgan fingerprint density at radius 2 is 2.14 bits per heavy atom. The molecule has 1 atom stereocenters. The van der Waals surface area contributed by atoms with Crippen molar-refractivity contribution in [3.8, 4) is 0 Å². The predicted molar refractivity (Wildman–Crippen MR) is 75.5 cm³/mol. The summed E-state index contributed by atoms with van der Waals surface area (Å²) in [5.41, 5.74) is -0.229. The van der Waals surface area contributed by atoms with Crippen LogP contribution >= 0.6 is 11.8 Å². The number of hydrogen-bond acceptors (Lipinski definition) is 6. The molecule has 0 spiro atoms. The highest BCUT2D eigenvalue weighted by Gasteiger charge is 2.22. The second-order valence-electron chi connectivity index (χ2n) is 4.02. The lowest BCUT2D eigenvalue weighted by atomic mass is 10.1. The fourth-order valence-corrected chi connectivity index (χ4v) is 2.15. The molecular weight excluding hydrogens is 300 g/mol. The lowest BCUT2D eigenvalue weighted by Gasteiger charge is -2.13. The molecule has 0 fully saturated rings. The zero-order chi connectivity index (χ0) is 16.0. The molecule has 1 rings (SSSR count). The van der Waals surface area contributed by atoms with Crippen LogP contribution < -0.4 is 5.32 Å². The number of carboxylic acid groups (broad SMARTS) is 1. The van der Waals surface area contributed by atoms with E-state index in [4.69, 9.17) is 10.2 Å². The van der Waals surface area contributed by atoms with Crippen LogP contribution in [0.2, 0.25) is 0 Å². The van der Waals surface area contributed by atoms with Crippen LogP contribution in [0.15, 0.2) is 23.1 Å². The number of nitrogens with zero attached hydrogens (tertiary/aromatic N) is 1. The van der Waals surface area contributed by atoms with Crippen molar-refractivity contribution in [2.75, 3.05) is 12.9 Å². The average Bonchev–Trinajstić information content (AvgIpc) is 2.45. The van der Waals surface area contributed by atoms with E-state index in [2.05, 4.69) is 5.32 Å². The van der Waals surface area contributed by atoms with E-state index in [9.17, 15) is 19.7 Å². The van der Waals surface area contributed by atoms with E-state index >= 15 is 0 Å². The van der Waals surface area contributed by atoms with Crippen LogP contribution in [0.5, 0.6) is 0 Å². The molecule has 0 radical (unpaired) electrons. The Morgan fingerprint density at radius 3 is 2.62 bits per heavy atom. The Hall–Kier alpha value is -2.13. The van der Waals surface area contributed by atoms with E-state index in [0.29, 0.717) is 4.90 Å². The van der Waals surface area contributed by atoms with E-state index in [1.807, 2.05) is 0 Å². The van der Waals surface area contributed by atoms with Gasteiger partial charge in [-0.1, -0.05) is 0 Å². The maximum atomic E-state index is 11.9. The van der Waals surface area contributed by atoms with Gasteiger partial charge in [0.25, 0.3) is 11.6 Å². The van der Waals surface area contributed by atoms with Gasteiger partial charge in [0.15, 0.2) is 0 Å². The molecule has 0 saturated carbocycles. The number of aliphatic hydroxyl groups is 1. The van der Waals surface area contributed by atoms with Gasteiger partial charge in [-0.15, -0.1) is 11.8 Å². The molecule has 0 unspecified atom stereocenters. The van der Waals surface area contributed by atoms with Gasteiger partial charge in [0, 0.05) is 24.7 Å². The van der Waals surface area contributed by atoms with Crippen molar-refractivity contribution < 1.29 is 24.7 Å². The van der Waals surface area contributed by atoms with Gasteiger partial charge in [0.05, 0.1) is 9.82 Å². The maximum absolute atomic E-state index is 11.9. The predicted octanol–water partition coefficient (Wildman–Crippen LogP) is 0.882. The van der Waals surface area contributed by atoms with Gasteiger partial charge >= 0.3 is 5.97 Å². The van der Waals surface area contributed by atoms with E-state index in [1.54, 1.807) is 6.26 Å². The second kappa shape index (κ2) is 7.60. The SMILES string of the molecule is CSc1ccc(C(=O)N[C@H](CCO)C(=O)O)cc1[N+](=O)[O-]. The first kappa shape index (κ1) is 16.9. The molecule has 0 aliphatic rings. The molecule has 0 heterocycles. The standard InChI is InChI=1S/C12H14N2O6S/c1-21-10-3-2-7(6-9(10)14(19)20)11(16)13-8(4-5-15)12(17)18/h2-3,6,8,15H,4-5H2,1H3,(H,13,16)(H,17,18)/t8-/m1/s1. The van der Waals surface area contributed by atoms with Gasteiger partial charge in [-0.05, 0) is 18.4 Å². The fourth-order valence-electron chi connectivity index (χ4n) is 1.60. The van der Waals surface area contributed by atoms with Crippen molar-refractivity contribution >= 4 is 29.3 Å². The first-order valence-electron chi connectivity index (χ1n) is 5.87. The number of carboxylic acids is 1. The summed E-state index contributed by atoms with van der Waals surface area (Å²) in [5.74, 6) is -2.03. The highest BCUT2D eigenvalue weighted by Crippen LogP contribution is 2.28. The van der Waals surface area contributed by atoms with Gasteiger partial charge in [0.2, 0.25) is 0 Å². The quantitative estimate of drug-likeness (QED) is 0.387. The summed E-state index contributed by atoms with van der Waals surface area (Å²) >= 11 is 1.17. The summed E-state index contributed by atoms with van der Waals surface area (Å²) < 4.78 is 0. The summed E-state index contributed by atoms with van der Waals surface area (Å²) in [7, 11) is 0. The third-order valence-electron chi connectivity index (χ3n) is 2.66. The summed E-state index contributed by atoms with van der Waals surface area (Å²) in [5, 5.41) is 30.8. The van der Waals surface area contributed by atoms with Crippen molar-refractivity contribution in [1.82, 2.24) is 5.32 Å². The number of aliphatic carboxylic acids is 1. The number of nitro groups is 1. The smallest absolute Gasteiger partial charge is 0.326 e. The first-order chi connectivity index (χ1) is 9.90. The van der Waals surface area contributed by atoms with Gasteiger partial charge in [0.1, 0.15) is 6.04 Å². The number of hydrogen-bond donors (Lipinski definition) is 3. The number of thioether (sulfide) groups is 1. The molecule has 1 amide bonds. The van der Waals surface area contributed by atoms with Crippen LogP contribution in [0.1, 0.15) is 16.8 Å². The first-order valence-corrected chi connectivity index (χ1v) is 7.10.